The average molecular weight is 268 g/mol. The van der Waals surface area contributed by atoms with Gasteiger partial charge in [-0.3, -0.25) is 4.79 Å². The van der Waals surface area contributed by atoms with Gasteiger partial charge in [-0.25, -0.2) is 0 Å². The van der Waals surface area contributed by atoms with Gasteiger partial charge in [0, 0.05) is 11.6 Å². The van der Waals surface area contributed by atoms with Crippen molar-refractivity contribution in [1.82, 2.24) is 4.90 Å². The first-order valence-electron chi connectivity index (χ1n) is 6.01. The van der Waals surface area contributed by atoms with Crippen LogP contribution >= 0.6 is 11.6 Å². The van der Waals surface area contributed by atoms with Crippen LogP contribution in [0.2, 0.25) is 5.02 Å². The summed E-state index contributed by atoms with van der Waals surface area (Å²) in [5.74, 6) is 0.0744. The average Bonchev–Trinajstić information content (AvgIpc) is 3.22. The first-order valence-corrected chi connectivity index (χ1v) is 6.39. The Morgan fingerprint density at radius 1 is 1.39 bits per heavy atom. The summed E-state index contributed by atoms with van der Waals surface area (Å²) in [4.78, 5) is 13.7. The Morgan fingerprint density at radius 2 is 2.22 bits per heavy atom. The molecule has 0 N–H and O–H groups in total. The fourth-order valence-corrected chi connectivity index (χ4v) is 2.35. The van der Waals surface area contributed by atoms with Gasteiger partial charge in [0.25, 0.3) is 5.91 Å². The molecule has 2 saturated heterocycles. The number of nitrogens with zero attached hydrogens (tertiary/aromatic N) is 1. The lowest BCUT2D eigenvalue weighted by molar-refractivity contribution is -0.140. The zero-order chi connectivity index (χ0) is 12.5. The smallest absolute Gasteiger partial charge is 0.254 e. The van der Waals surface area contributed by atoms with Gasteiger partial charge in [-0.2, -0.15) is 0 Å². The molecule has 2 aliphatic heterocycles. The third kappa shape index (κ3) is 2.51. The molecule has 5 heteroatoms. The summed E-state index contributed by atoms with van der Waals surface area (Å²) >= 11 is 5.97. The second-order valence-corrected chi connectivity index (χ2v) is 4.96. The number of morpholine rings is 1. The van der Waals surface area contributed by atoms with Crippen LogP contribution in [0.5, 0.6) is 0 Å². The van der Waals surface area contributed by atoms with Gasteiger partial charge in [-0.15, -0.1) is 0 Å². The monoisotopic (exact) mass is 267 g/mol. The number of hydrogen-bond donors (Lipinski definition) is 0. The SMILES string of the molecule is O=C(C1CO1)N1CCOC(c2cccc(Cl)c2)C1. The van der Waals surface area contributed by atoms with Crippen molar-refractivity contribution in [2.45, 2.75) is 12.2 Å². The number of benzene rings is 1. The maximum absolute atomic E-state index is 11.9. The van der Waals surface area contributed by atoms with Gasteiger partial charge in [0.2, 0.25) is 0 Å². The van der Waals surface area contributed by atoms with Crippen LogP contribution < -0.4 is 0 Å². The Morgan fingerprint density at radius 3 is 2.94 bits per heavy atom. The Hall–Kier alpha value is -1.10. The molecule has 3 rings (SSSR count). The number of ether oxygens (including phenoxy) is 2. The highest BCUT2D eigenvalue weighted by molar-refractivity contribution is 6.30. The van der Waals surface area contributed by atoms with E-state index in [2.05, 4.69) is 0 Å². The predicted molar refractivity (Wildman–Crippen MR) is 66.5 cm³/mol. The third-order valence-corrected chi connectivity index (χ3v) is 3.44. The lowest BCUT2D eigenvalue weighted by Gasteiger charge is -2.33. The molecule has 0 radical (unpaired) electrons. The Kier molecular flexibility index (Phi) is 3.24. The molecule has 1 aromatic carbocycles. The number of amides is 1. The van der Waals surface area contributed by atoms with E-state index in [0.717, 1.165) is 5.56 Å². The van der Waals surface area contributed by atoms with Crippen molar-refractivity contribution in [1.29, 1.82) is 0 Å². The number of hydrogen-bond acceptors (Lipinski definition) is 3. The van der Waals surface area contributed by atoms with Gasteiger partial charge in [0.05, 0.1) is 19.8 Å². The molecule has 2 aliphatic rings. The first kappa shape index (κ1) is 12.0. The van der Waals surface area contributed by atoms with E-state index in [1.807, 2.05) is 29.2 Å². The minimum absolute atomic E-state index is 0.0744. The summed E-state index contributed by atoms with van der Waals surface area (Å²) < 4.78 is 10.7. The molecule has 96 valence electrons. The molecule has 4 nitrogen and oxygen atoms in total. The van der Waals surface area contributed by atoms with Crippen LogP contribution in [-0.4, -0.2) is 43.2 Å². The zero-order valence-electron chi connectivity index (χ0n) is 9.84. The fourth-order valence-electron chi connectivity index (χ4n) is 2.15. The van der Waals surface area contributed by atoms with Crippen molar-refractivity contribution in [3.05, 3.63) is 34.9 Å². The highest BCUT2D eigenvalue weighted by Gasteiger charge is 2.37. The van der Waals surface area contributed by atoms with E-state index in [9.17, 15) is 4.79 Å². The topological polar surface area (TPSA) is 42.1 Å². The number of epoxide rings is 1. The molecule has 0 saturated carbocycles. The van der Waals surface area contributed by atoms with Crippen molar-refractivity contribution in [2.75, 3.05) is 26.3 Å². The van der Waals surface area contributed by atoms with E-state index in [1.165, 1.54) is 0 Å². The van der Waals surface area contributed by atoms with E-state index in [-0.39, 0.29) is 18.1 Å². The molecule has 2 unspecified atom stereocenters. The third-order valence-electron chi connectivity index (χ3n) is 3.21. The molecular weight excluding hydrogens is 254 g/mol. The van der Waals surface area contributed by atoms with Gasteiger partial charge in [0.15, 0.2) is 6.10 Å². The standard InChI is InChI=1S/C13H14ClNO3/c14-10-3-1-2-9(6-10)11-7-15(4-5-17-11)13(16)12-8-18-12/h1-3,6,11-12H,4-5,7-8H2. The Bertz CT molecular complexity index is 461. The summed E-state index contributed by atoms with van der Waals surface area (Å²) in [7, 11) is 0. The summed E-state index contributed by atoms with van der Waals surface area (Å²) in [6, 6.07) is 7.58. The van der Waals surface area contributed by atoms with Crippen molar-refractivity contribution in [3.63, 3.8) is 0 Å². The first-order chi connectivity index (χ1) is 8.74. The highest BCUT2D eigenvalue weighted by atomic mass is 35.5. The minimum Gasteiger partial charge on any atom is -0.370 e. The molecular formula is C13H14ClNO3. The van der Waals surface area contributed by atoms with Gasteiger partial charge in [0.1, 0.15) is 6.10 Å². The van der Waals surface area contributed by atoms with Gasteiger partial charge >= 0.3 is 0 Å². The van der Waals surface area contributed by atoms with Gasteiger partial charge in [-0.1, -0.05) is 23.7 Å². The van der Waals surface area contributed by atoms with Crippen LogP contribution in [0.15, 0.2) is 24.3 Å². The molecule has 1 amide bonds. The highest BCUT2D eigenvalue weighted by Crippen LogP contribution is 2.26. The molecule has 18 heavy (non-hydrogen) atoms. The molecule has 2 fully saturated rings. The maximum Gasteiger partial charge on any atom is 0.254 e. The molecule has 0 aromatic heterocycles. The Labute approximate surface area is 110 Å². The Balaban J connectivity index is 1.71. The number of carbonyl (C=O) groups is 1. The summed E-state index contributed by atoms with van der Waals surface area (Å²) in [6.07, 6.45) is -0.316. The normalized spacial score (nSPS) is 27.1. The van der Waals surface area contributed by atoms with Crippen LogP contribution in [0.25, 0.3) is 0 Å². The van der Waals surface area contributed by atoms with Crippen molar-refractivity contribution < 1.29 is 14.3 Å². The quantitative estimate of drug-likeness (QED) is 0.765. The fraction of sp³-hybridized carbons (Fsp3) is 0.462. The van der Waals surface area contributed by atoms with E-state index in [4.69, 9.17) is 21.1 Å². The number of carbonyl (C=O) groups excluding carboxylic acids is 1. The second-order valence-electron chi connectivity index (χ2n) is 4.52. The van der Waals surface area contributed by atoms with Crippen LogP contribution in [0.4, 0.5) is 0 Å². The van der Waals surface area contributed by atoms with E-state index < -0.39 is 0 Å². The molecule has 0 spiro atoms. The molecule has 1 aromatic rings. The zero-order valence-corrected chi connectivity index (χ0v) is 10.6. The molecule has 2 atom stereocenters. The minimum atomic E-state index is -0.219. The predicted octanol–water partition coefficient (Wildman–Crippen LogP) is 1.64. The largest absolute Gasteiger partial charge is 0.370 e. The number of halogens is 1. The van der Waals surface area contributed by atoms with Crippen molar-refractivity contribution in [2.24, 2.45) is 0 Å². The maximum atomic E-state index is 11.9. The summed E-state index contributed by atoms with van der Waals surface area (Å²) in [6.45, 7) is 2.31. The van der Waals surface area contributed by atoms with Crippen LogP contribution in [0.1, 0.15) is 11.7 Å². The van der Waals surface area contributed by atoms with Gasteiger partial charge in [-0.05, 0) is 17.7 Å². The number of rotatable bonds is 2. The molecule has 0 aliphatic carbocycles. The van der Waals surface area contributed by atoms with E-state index >= 15 is 0 Å². The van der Waals surface area contributed by atoms with Crippen molar-refractivity contribution in [3.8, 4) is 0 Å². The molecule has 2 heterocycles. The van der Waals surface area contributed by atoms with E-state index in [1.54, 1.807) is 0 Å². The second kappa shape index (κ2) is 4.88. The van der Waals surface area contributed by atoms with Gasteiger partial charge < -0.3 is 14.4 Å². The summed E-state index contributed by atoms with van der Waals surface area (Å²) in [5.41, 5.74) is 1.01. The molecule has 0 bridgehead atoms. The van der Waals surface area contributed by atoms with E-state index in [0.29, 0.717) is 31.3 Å². The lowest BCUT2D eigenvalue weighted by atomic mass is 10.1. The van der Waals surface area contributed by atoms with Crippen LogP contribution in [0.3, 0.4) is 0 Å². The summed E-state index contributed by atoms with van der Waals surface area (Å²) in [5, 5.41) is 0.685. The van der Waals surface area contributed by atoms with Crippen LogP contribution in [-0.2, 0) is 14.3 Å². The lowest BCUT2D eigenvalue weighted by Crippen LogP contribution is -2.44. The van der Waals surface area contributed by atoms with Crippen LogP contribution in [0, 0.1) is 0 Å². The van der Waals surface area contributed by atoms with Crippen molar-refractivity contribution >= 4 is 17.5 Å².